The zero-order chi connectivity index (χ0) is 24.3. The number of amides is 3. The topological polar surface area (TPSA) is 71.1 Å². The lowest BCUT2D eigenvalue weighted by molar-refractivity contribution is -0.135. The lowest BCUT2D eigenvalue weighted by Gasteiger charge is -2.37. The Morgan fingerprint density at radius 2 is 1.91 bits per heavy atom. The van der Waals surface area contributed by atoms with Gasteiger partial charge in [-0.2, -0.15) is 0 Å². The van der Waals surface area contributed by atoms with Gasteiger partial charge in [0.05, 0.1) is 13.2 Å². The zero-order valence-electron chi connectivity index (χ0n) is 20.5. The van der Waals surface area contributed by atoms with Gasteiger partial charge in [0.25, 0.3) is 0 Å². The average molecular weight is 486 g/mol. The molecule has 0 saturated heterocycles. The van der Waals surface area contributed by atoms with E-state index in [4.69, 9.17) is 9.47 Å². The van der Waals surface area contributed by atoms with Gasteiger partial charge in [-0.15, -0.1) is 11.3 Å². The minimum atomic E-state index is -0.357. The maximum Gasteiger partial charge on any atom is 0.318 e. The summed E-state index contributed by atoms with van der Waals surface area (Å²) in [4.78, 5) is 31.4. The number of rotatable bonds is 8. The van der Waals surface area contributed by atoms with Gasteiger partial charge in [-0.1, -0.05) is 12.1 Å². The number of benzene rings is 1. The van der Waals surface area contributed by atoms with E-state index in [2.05, 4.69) is 16.8 Å². The smallest absolute Gasteiger partial charge is 0.318 e. The van der Waals surface area contributed by atoms with Gasteiger partial charge in [-0.25, -0.2) is 4.79 Å². The van der Waals surface area contributed by atoms with E-state index in [0.717, 1.165) is 24.8 Å². The molecule has 2 heterocycles. The Labute approximate surface area is 206 Å². The molecule has 3 amide bonds. The summed E-state index contributed by atoms with van der Waals surface area (Å²) in [5, 5.41) is 5.10. The number of nitrogens with zero attached hydrogens (tertiary/aromatic N) is 2. The molecule has 1 unspecified atom stereocenters. The number of methoxy groups -OCH3 is 1. The molecule has 184 valence electrons. The molecule has 1 aliphatic carbocycles. The maximum absolute atomic E-state index is 13.6. The minimum absolute atomic E-state index is 0.0461. The van der Waals surface area contributed by atoms with Crippen molar-refractivity contribution in [3.05, 3.63) is 46.2 Å². The molecular weight excluding hydrogens is 450 g/mol. The zero-order valence-corrected chi connectivity index (χ0v) is 21.3. The molecule has 1 aromatic heterocycles. The standard InChI is InChI=1S/C26H35N3O4S/c1-26(2,3)27-25(31)28(15-18-9-10-18)16-24(30)29-13-11-23-19(12-14-34-23)20(29)17-33-22-8-6-5-7-21(22)32-4/h5-8,12,14,18,20H,9-11,13,15-17H2,1-4H3,(H,27,31). The third-order valence-corrected chi connectivity index (χ3v) is 7.15. The predicted molar refractivity (Wildman–Crippen MR) is 134 cm³/mol. The van der Waals surface area contributed by atoms with Gasteiger partial charge in [0.15, 0.2) is 11.5 Å². The summed E-state index contributed by atoms with van der Waals surface area (Å²) in [6.45, 7) is 7.50. The van der Waals surface area contributed by atoms with Crippen LogP contribution >= 0.6 is 11.3 Å². The molecule has 0 spiro atoms. The van der Waals surface area contributed by atoms with Crippen LogP contribution in [-0.2, 0) is 11.2 Å². The summed E-state index contributed by atoms with van der Waals surface area (Å²) in [5.74, 6) is 1.76. The van der Waals surface area contributed by atoms with E-state index in [-0.39, 0.29) is 30.1 Å². The van der Waals surface area contributed by atoms with Crippen LogP contribution < -0.4 is 14.8 Å². The number of carbonyl (C=O) groups is 2. The Balaban J connectivity index is 1.50. The molecule has 1 N–H and O–H groups in total. The molecule has 1 saturated carbocycles. The van der Waals surface area contributed by atoms with Gasteiger partial charge in [-0.3, -0.25) is 4.79 Å². The van der Waals surface area contributed by atoms with E-state index in [9.17, 15) is 9.59 Å². The van der Waals surface area contributed by atoms with Crippen LogP contribution in [0.3, 0.4) is 0 Å². The summed E-state index contributed by atoms with van der Waals surface area (Å²) in [6, 6.07) is 9.24. The fourth-order valence-electron chi connectivity index (χ4n) is 4.27. The van der Waals surface area contributed by atoms with E-state index in [1.807, 2.05) is 49.9 Å². The average Bonchev–Trinajstić information content (AvgIpc) is 3.48. The highest BCUT2D eigenvalue weighted by Crippen LogP contribution is 2.35. The second kappa shape index (κ2) is 10.3. The van der Waals surface area contributed by atoms with Crippen LogP contribution in [0.1, 0.15) is 50.1 Å². The van der Waals surface area contributed by atoms with Gasteiger partial charge in [0.2, 0.25) is 5.91 Å². The molecule has 4 rings (SSSR count). The lowest BCUT2D eigenvalue weighted by atomic mass is 10.0. The third-order valence-electron chi connectivity index (χ3n) is 6.15. The number of fused-ring (bicyclic) bond motifs is 1. The fourth-order valence-corrected chi connectivity index (χ4v) is 5.19. The van der Waals surface area contributed by atoms with Crippen molar-refractivity contribution < 1.29 is 19.1 Å². The van der Waals surface area contributed by atoms with Crippen molar-refractivity contribution in [2.24, 2.45) is 5.92 Å². The van der Waals surface area contributed by atoms with Crippen LogP contribution in [0.15, 0.2) is 35.7 Å². The summed E-state index contributed by atoms with van der Waals surface area (Å²) >= 11 is 1.72. The number of carbonyl (C=O) groups excluding carboxylic acids is 2. The molecule has 34 heavy (non-hydrogen) atoms. The van der Waals surface area contributed by atoms with Crippen molar-refractivity contribution in [1.82, 2.24) is 15.1 Å². The highest BCUT2D eigenvalue weighted by atomic mass is 32.1. The van der Waals surface area contributed by atoms with Gasteiger partial charge in [-0.05, 0) is 75.1 Å². The maximum atomic E-state index is 13.6. The highest BCUT2D eigenvalue weighted by molar-refractivity contribution is 7.10. The molecule has 7 nitrogen and oxygen atoms in total. The normalized spacial score (nSPS) is 17.6. The van der Waals surface area contributed by atoms with Crippen LogP contribution in [0, 0.1) is 5.92 Å². The first kappa shape index (κ1) is 24.4. The second-order valence-electron chi connectivity index (χ2n) is 10.1. The molecule has 0 bridgehead atoms. The number of thiophene rings is 1. The van der Waals surface area contributed by atoms with Gasteiger partial charge < -0.3 is 24.6 Å². The number of urea groups is 1. The van der Waals surface area contributed by atoms with Gasteiger partial charge >= 0.3 is 6.03 Å². The van der Waals surface area contributed by atoms with Crippen molar-refractivity contribution in [3.8, 4) is 11.5 Å². The summed E-state index contributed by atoms with van der Waals surface area (Å²) in [5.41, 5.74) is 0.774. The molecule has 1 aliphatic heterocycles. The molecule has 1 fully saturated rings. The van der Waals surface area contributed by atoms with Gasteiger partial charge in [0.1, 0.15) is 13.2 Å². The van der Waals surface area contributed by atoms with E-state index in [1.54, 1.807) is 23.3 Å². The number of ether oxygens (including phenoxy) is 2. The Kier molecular flexibility index (Phi) is 7.36. The van der Waals surface area contributed by atoms with E-state index in [1.165, 1.54) is 4.88 Å². The van der Waals surface area contributed by atoms with Crippen LogP contribution in [0.25, 0.3) is 0 Å². The molecule has 1 aromatic carbocycles. The van der Waals surface area contributed by atoms with Crippen molar-refractivity contribution >= 4 is 23.3 Å². The predicted octanol–water partition coefficient (Wildman–Crippen LogP) is 4.48. The van der Waals surface area contributed by atoms with Crippen LogP contribution in [0.4, 0.5) is 4.79 Å². The molecule has 2 aliphatic rings. The Morgan fingerprint density at radius 1 is 1.18 bits per heavy atom. The minimum Gasteiger partial charge on any atom is -0.493 e. The van der Waals surface area contributed by atoms with Crippen LogP contribution in [0.5, 0.6) is 11.5 Å². The Morgan fingerprint density at radius 3 is 2.59 bits per heavy atom. The second-order valence-corrected chi connectivity index (χ2v) is 11.1. The van der Waals surface area contributed by atoms with Crippen molar-refractivity contribution in [1.29, 1.82) is 0 Å². The highest BCUT2D eigenvalue weighted by Gasteiger charge is 2.35. The van der Waals surface area contributed by atoms with Crippen LogP contribution in [0.2, 0.25) is 0 Å². The van der Waals surface area contributed by atoms with Crippen LogP contribution in [-0.4, -0.2) is 60.6 Å². The number of para-hydroxylation sites is 2. The van der Waals surface area contributed by atoms with E-state index in [0.29, 0.717) is 37.1 Å². The van der Waals surface area contributed by atoms with Crippen molar-refractivity contribution in [3.63, 3.8) is 0 Å². The van der Waals surface area contributed by atoms with Gasteiger partial charge in [0, 0.05) is 23.5 Å². The first-order valence-corrected chi connectivity index (χ1v) is 12.8. The molecule has 0 radical (unpaired) electrons. The third kappa shape index (κ3) is 6.03. The molecule has 8 heteroatoms. The van der Waals surface area contributed by atoms with Crippen molar-refractivity contribution in [2.75, 3.05) is 33.4 Å². The molecular formula is C26H35N3O4S. The SMILES string of the molecule is COc1ccccc1OCC1c2ccsc2CCN1C(=O)CN(CC1CC1)C(=O)NC(C)(C)C. The summed E-state index contributed by atoms with van der Waals surface area (Å²) < 4.78 is 11.6. The number of nitrogens with one attached hydrogen (secondary N) is 1. The van der Waals surface area contributed by atoms with Crippen molar-refractivity contribution in [2.45, 2.75) is 51.6 Å². The molecule has 1 atom stereocenters. The molecule has 2 aromatic rings. The largest absolute Gasteiger partial charge is 0.493 e. The Bertz CT molecular complexity index is 1010. The first-order valence-electron chi connectivity index (χ1n) is 11.9. The number of hydrogen-bond donors (Lipinski definition) is 1. The Hall–Kier alpha value is -2.74. The summed E-state index contributed by atoms with van der Waals surface area (Å²) in [6.07, 6.45) is 3.05. The monoisotopic (exact) mass is 485 g/mol. The first-order chi connectivity index (χ1) is 16.2. The summed E-state index contributed by atoms with van der Waals surface area (Å²) in [7, 11) is 1.62. The quantitative estimate of drug-likeness (QED) is 0.598. The van der Waals surface area contributed by atoms with E-state index < -0.39 is 0 Å². The van der Waals surface area contributed by atoms with E-state index >= 15 is 0 Å². The fraction of sp³-hybridized carbons (Fsp3) is 0.538. The number of hydrogen-bond acceptors (Lipinski definition) is 5. The lowest BCUT2D eigenvalue weighted by Crippen LogP contribution is -2.53.